The summed E-state index contributed by atoms with van der Waals surface area (Å²) in [6, 6.07) is 13.9. The van der Waals surface area contributed by atoms with Crippen LogP contribution in [-0.2, 0) is 30.4 Å². The Kier molecular flexibility index (Phi) is 11.9. The number of nitrogens with zero attached hydrogens (tertiary/aromatic N) is 4. The van der Waals surface area contributed by atoms with Gasteiger partial charge in [0.1, 0.15) is 11.5 Å². The van der Waals surface area contributed by atoms with E-state index in [1.54, 1.807) is 49.4 Å². The van der Waals surface area contributed by atoms with Crippen LogP contribution >= 0.6 is 0 Å². The van der Waals surface area contributed by atoms with Gasteiger partial charge in [0, 0.05) is 17.5 Å². The van der Waals surface area contributed by atoms with Gasteiger partial charge in [-0.05, 0) is 92.1 Å². The minimum Gasteiger partial charge on any atom is -0.493 e. The second kappa shape index (κ2) is 15.6. The standard InChI is InChI=1S/C31H35N5O11S3/c1-19-12-26(32)31(47-9-5-11-49(40,41)42)18-29(19)36-35-28-14-20(2)27(13-21(28)3)34-33-23-7-6-22-15-24(50(43,44)45)17-30(25(22)16-23)46-8-4-10-48(37,38)39/h6-7,12-18H,4-5,8-11,32H2,1-3H3,(H,37,38,39)(H,40,41,42)(H,43,44,45). The molecule has 0 aliphatic carbocycles. The molecule has 0 heterocycles. The highest BCUT2D eigenvalue weighted by molar-refractivity contribution is 7.86. The fraction of sp³-hybridized carbons (Fsp3) is 0.290. The van der Waals surface area contributed by atoms with Crippen molar-refractivity contribution >= 4 is 69.6 Å². The van der Waals surface area contributed by atoms with Gasteiger partial charge in [-0.3, -0.25) is 13.7 Å². The topological polar surface area (TPSA) is 257 Å². The molecule has 0 atom stereocenters. The van der Waals surface area contributed by atoms with E-state index in [1.165, 1.54) is 6.07 Å². The highest BCUT2D eigenvalue weighted by Crippen LogP contribution is 2.36. The Morgan fingerprint density at radius 2 is 1.12 bits per heavy atom. The van der Waals surface area contributed by atoms with Crippen LogP contribution in [0.1, 0.15) is 29.5 Å². The highest BCUT2D eigenvalue weighted by atomic mass is 32.2. The number of azo groups is 2. The van der Waals surface area contributed by atoms with Crippen LogP contribution < -0.4 is 15.2 Å². The molecule has 0 saturated heterocycles. The molecule has 0 radical (unpaired) electrons. The summed E-state index contributed by atoms with van der Waals surface area (Å²) < 4.78 is 106. The summed E-state index contributed by atoms with van der Waals surface area (Å²) in [5.41, 5.74) is 10.5. The number of benzene rings is 4. The minimum atomic E-state index is -4.58. The molecule has 50 heavy (non-hydrogen) atoms. The zero-order chi connectivity index (χ0) is 36.9. The predicted molar refractivity (Wildman–Crippen MR) is 187 cm³/mol. The van der Waals surface area contributed by atoms with E-state index in [4.69, 9.17) is 24.3 Å². The lowest BCUT2D eigenvalue weighted by atomic mass is 10.1. The number of anilines is 1. The summed E-state index contributed by atoms with van der Waals surface area (Å²) in [4.78, 5) is -0.415. The first-order valence-corrected chi connectivity index (χ1v) is 19.5. The van der Waals surface area contributed by atoms with E-state index in [0.717, 1.165) is 22.8 Å². The zero-order valence-corrected chi connectivity index (χ0v) is 29.6. The average Bonchev–Trinajstić information content (AvgIpc) is 3.00. The van der Waals surface area contributed by atoms with Crippen molar-refractivity contribution < 1.29 is 48.4 Å². The van der Waals surface area contributed by atoms with Gasteiger partial charge in [0.25, 0.3) is 30.4 Å². The zero-order valence-electron chi connectivity index (χ0n) is 27.1. The molecule has 268 valence electrons. The van der Waals surface area contributed by atoms with Gasteiger partial charge < -0.3 is 15.2 Å². The Bertz CT molecular complexity index is 2310. The lowest BCUT2D eigenvalue weighted by Crippen LogP contribution is -2.09. The quantitative estimate of drug-likeness (QED) is 0.0426. The molecule has 0 spiro atoms. The van der Waals surface area contributed by atoms with E-state index in [-0.39, 0.29) is 31.8 Å². The molecule has 0 unspecified atom stereocenters. The normalized spacial score (nSPS) is 12.7. The van der Waals surface area contributed by atoms with E-state index >= 15 is 0 Å². The Morgan fingerprint density at radius 1 is 0.620 bits per heavy atom. The van der Waals surface area contributed by atoms with Crippen molar-refractivity contribution in [2.75, 3.05) is 30.5 Å². The Hall–Kier alpha value is -4.53. The fourth-order valence-electron chi connectivity index (χ4n) is 4.62. The number of ether oxygens (including phenoxy) is 2. The first-order valence-electron chi connectivity index (χ1n) is 14.9. The van der Waals surface area contributed by atoms with E-state index in [2.05, 4.69) is 20.5 Å². The molecule has 19 heteroatoms. The Morgan fingerprint density at radius 3 is 1.66 bits per heavy atom. The predicted octanol–water partition coefficient (Wildman–Crippen LogP) is 6.74. The summed E-state index contributed by atoms with van der Waals surface area (Å²) in [5.74, 6) is -0.645. The number of nitrogen functional groups attached to an aromatic ring is 1. The molecule has 0 bridgehead atoms. The molecule has 0 fully saturated rings. The number of rotatable bonds is 15. The van der Waals surface area contributed by atoms with Crippen LogP contribution in [0.5, 0.6) is 11.5 Å². The van der Waals surface area contributed by atoms with Crippen LogP contribution in [0.2, 0.25) is 0 Å². The second-order valence-corrected chi connectivity index (χ2v) is 15.8. The molecule has 16 nitrogen and oxygen atoms in total. The lowest BCUT2D eigenvalue weighted by Gasteiger charge is -2.11. The largest absolute Gasteiger partial charge is 0.493 e. The number of hydrogen-bond acceptors (Lipinski definition) is 13. The molecule has 0 saturated carbocycles. The molecular weight excluding hydrogens is 715 g/mol. The van der Waals surface area contributed by atoms with E-state index in [0.29, 0.717) is 45.0 Å². The molecule has 4 aromatic rings. The van der Waals surface area contributed by atoms with Gasteiger partial charge in [0.15, 0.2) is 0 Å². The maximum atomic E-state index is 11.8. The highest BCUT2D eigenvalue weighted by Gasteiger charge is 2.16. The smallest absolute Gasteiger partial charge is 0.294 e. The van der Waals surface area contributed by atoms with Gasteiger partial charge >= 0.3 is 0 Å². The molecule has 5 N–H and O–H groups in total. The van der Waals surface area contributed by atoms with Gasteiger partial charge in [-0.1, -0.05) is 6.07 Å². The molecule has 4 rings (SSSR count). The number of hydrogen-bond donors (Lipinski definition) is 4. The lowest BCUT2D eigenvalue weighted by molar-refractivity contribution is 0.318. The van der Waals surface area contributed by atoms with E-state index < -0.39 is 46.8 Å². The fourth-order valence-corrected chi connectivity index (χ4v) is 6.11. The van der Waals surface area contributed by atoms with Crippen LogP contribution in [0.3, 0.4) is 0 Å². The van der Waals surface area contributed by atoms with Crippen LogP contribution in [0.4, 0.5) is 28.4 Å². The SMILES string of the molecule is Cc1cc(N=Nc2cc(OCCCS(=O)(=O)O)c(N)cc2C)c(C)cc1N=Nc1ccc2cc(S(=O)(=O)O)cc(OCCCS(=O)(=O)O)c2c1. The third kappa shape index (κ3) is 11.0. The Balaban J connectivity index is 1.55. The molecule has 0 aliphatic rings. The van der Waals surface area contributed by atoms with Crippen molar-refractivity contribution in [1.82, 2.24) is 0 Å². The maximum Gasteiger partial charge on any atom is 0.294 e. The monoisotopic (exact) mass is 749 g/mol. The van der Waals surface area contributed by atoms with Crippen molar-refractivity contribution in [3.05, 3.63) is 71.3 Å². The summed E-state index contributed by atoms with van der Waals surface area (Å²) >= 11 is 0. The number of fused-ring (bicyclic) bond motifs is 1. The summed E-state index contributed by atoms with van der Waals surface area (Å²) in [5, 5.41) is 18.3. The Labute approximate surface area is 289 Å². The van der Waals surface area contributed by atoms with Crippen LogP contribution in [0.25, 0.3) is 10.8 Å². The molecule has 0 aliphatic heterocycles. The van der Waals surface area contributed by atoms with Gasteiger partial charge in [0.05, 0.1) is 58.1 Å². The van der Waals surface area contributed by atoms with Crippen molar-refractivity contribution in [3.8, 4) is 11.5 Å². The van der Waals surface area contributed by atoms with Gasteiger partial charge in [-0.25, -0.2) is 0 Å². The van der Waals surface area contributed by atoms with Crippen molar-refractivity contribution in [2.24, 2.45) is 20.5 Å². The van der Waals surface area contributed by atoms with Crippen molar-refractivity contribution in [1.29, 1.82) is 0 Å². The first kappa shape index (κ1) is 38.3. The summed E-state index contributed by atoms with van der Waals surface area (Å²) in [7, 11) is -12.9. The van der Waals surface area contributed by atoms with E-state index in [1.807, 2.05) is 13.8 Å². The summed E-state index contributed by atoms with van der Waals surface area (Å²) in [6.07, 6.45) is 0.00238. The second-order valence-electron chi connectivity index (χ2n) is 11.3. The minimum absolute atomic E-state index is 0.0146. The number of aryl methyl sites for hydroxylation is 3. The first-order chi connectivity index (χ1) is 23.3. The third-order valence-corrected chi connectivity index (χ3v) is 9.60. The molecule has 0 aromatic heterocycles. The van der Waals surface area contributed by atoms with E-state index in [9.17, 15) is 29.8 Å². The van der Waals surface area contributed by atoms with Crippen molar-refractivity contribution in [2.45, 2.75) is 38.5 Å². The van der Waals surface area contributed by atoms with Crippen LogP contribution in [0.15, 0.2) is 79.9 Å². The van der Waals surface area contributed by atoms with Gasteiger partial charge in [0.2, 0.25) is 0 Å². The maximum absolute atomic E-state index is 11.8. The van der Waals surface area contributed by atoms with Crippen molar-refractivity contribution in [3.63, 3.8) is 0 Å². The molecular formula is C31H35N5O11S3. The van der Waals surface area contributed by atoms with Crippen LogP contribution in [0, 0.1) is 20.8 Å². The van der Waals surface area contributed by atoms with Gasteiger partial charge in [-0.2, -0.15) is 45.7 Å². The summed E-state index contributed by atoms with van der Waals surface area (Å²) in [6.45, 7) is 5.29. The van der Waals surface area contributed by atoms with Crippen LogP contribution in [-0.4, -0.2) is 63.6 Å². The average molecular weight is 750 g/mol. The number of nitrogens with two attached hydrogens (primary N) is 1. The molecule has 0 amide bonds. The third-order valence-electron chi connectivity index (χ3n) is 7.16. The van der Waals surface area contributed by atoms with Gasteiger partial charge in [-0.15, -0.1) is 0 Å². The molecule has 4 aromatic carbocycles.